The Hall–Kier alpha value is -3.52. The molecule has 2 aromatic rings. The van der Waals surface area contributed by atoms with Crippen LogP contribution in [0.1, 0.15) is 17.5 Å². The fraction of sp³-hybridized carbons (Fsp3) is 0.273. The van der Waals surface area contributed by atoms with Crippen molar-refractivity contribution in [3.8, 4) is 0 Å². The van der Waals surface area contributed by atoms with Crippen molar-refractivity contribution in [1.82, 2.24) is 4.90 Å². The number of rotatable bonds is 4. The maximum Gasteiger partial charge on any atom is 0.291 e. The molecule has 0 aliphatic carbocycles. The second kappa shape index (κ2) is 6.50. The number of carbonyl (C=O) groups excluding carboxylic acids is 4. The summed E-state index contributed by atoms with van der Waals surface area (Å²) in [6.45, 7) is 0.0862. The average molecular weight is 405 g/mol. The van der Waals surface area contributed by atoms with Gasteiger partial charge in [-0.2, -0.15) is 0 Å². The van der Waals surface area contributed by atoms with E-state index in [0.29, 0.717) is 11.3 Å². The van der Waals surface area contributed by atoms with Gasteiger partial charge in [-0.15, -0.1) is 0 Å². The van der Waals surface area contributed by atoms with E-state index in [1.54, 1.807) is 29.6 Å². The maximum atomic E-state index is 13.5. The monoisotopic (exact) mass is 405 g/mol. The number of nitrogens with zero attached hydrogens (tertiary/aromatic N) is 1. The van der Waals surface area contributed by atoms with Crippen LogP contribution < -0.4 is 15.7 Å². The lowest BCUT2D eigenvalue weighted by Crippen LogP contribution is -2.99. The first-order chi connectivity index (χ1) is 14.4. The van der Waals surface area contributed by atoms with Gasteiger partial charge in [-0.25, -0.2) is 0 Å². The number of benzene rings is 2. The van der Waals surface area contributed by atoms with Gasteiger partial charge in [0, 0.05) is 18.0 Å². The third-order valence-electron chi connectivity index (χ3n) is 6.45. The number of likely N-dealkylation sites (tertiary alicyclic amines) is 1. The summed E-state index contributed by atoms with van der Waals surface area (Å²) in [5.41, 5.74) is 0.603. The van der Waals surface area contributed by atoms with Crippen molar-refractivity contribution >= 4 is 29.4 Å². The smallest absolute Gasteiger partial charge is 0.291 e. The Morgan fingerprint density at radius 3 is 2.47 bits per heavy atom. The molecule has 0 aromatic heterocycles. The van der Waals surface area contributed by atoms with Gasteiger partial charge in [0.2, 0.25) is 17.4 Å². The summed E-state index contributed by atoms with van der Waals surface area (Å²) in [5, 5.41) is 15.8. The highest BCUT2D eigenvalue weighted by Gasteiger charge is 2.74. The van der Waals surface area contributed by atoms with Crippen molar-refractivity contribution in [3.05, 3.63) is 65.7 Å². The minimum atomic E-state index is -1.36. The second-order valence-corrected chi connectivity index (χ2v) is 8.03. The fourth-order valence-corrected chi connectivity index (χ4v) is 5.28. The molecule has 1 spiro atoms. The number of amides is 3. The Bertz CT molecular complexity index is 1090. The molecule has 30 heavy (non-hydrogen) atoms. The standard InChI is InChI=1S/C22H19N3O5/c26-16(27)10-15-17-18(20(29)25(19(17)28)11-12-6-2-1-3-7-12)22(24-15)13-8-4-5-9-14(13)23-21(22)30/h1-9,15,17-18,24H,10-11H2,(H,23,30)(H,26,27)/t15-,17-,18-,22-/m1/s1. The van der Waals surface area contributed by atoms with E-state index < -0.39 is 53.5 Å². The summed E-state index contributed by atoms with van der Waals surface area (Å²) in [5.74, 6) is -4.48. The molecule has 3 aliphatic heterocycles. The molecular formula is C22H19N3O5. The molecule has 3 N–H and O–H groups in total. The van der Waals surface area contributed by atoms with E-state index in [4.69, 9.17) is 0 Å². The van der Waals surface area contributed by atoms with Gasteiger partial charge in [0.25, 0.3) is 5.91 Å². The minimum absolute atomic E-state index is 0.0862. The topological polar surface area (TPSA) is 123 Å². The Kier molecular flexibility index (Phi) is 4.01. The minimum Gasteiger partial charge on any atom is -0.550 e. The molecule has 8 heteroatoms. The summed E-state index contributed by atoms with van der Waals surface area (Å²) >= 11 is 0. The quantitative estimate of drug-likeness (QED) is 0.614. The number of nitrogens with two attached hydrogens (primary N) is 1. The molecule has 2 saturated heterocycles. The number of fused-ring (bicyclic) bond motifs is 4. The zero-order valence-electron chi connectivity index (χ0n) is 15.9. The van der Waals surface area contributed by atoms with Crippen LogP contribution in [0.3, 0.4) is 0 Å². The normalized spacial score (nSPS) is 29.3. The summed E-state index contributed by atoms with van der Waals surface area (Å²) in [4.78, 5) is 52.5. The van der Waals surface area contributed by atoms with Crippen molar-refractivity contribution in [3.63, 3.8) is 0 Å². The van der Waals surface area contributed by atoms with E-state index >= 15 is 0 Å². The van der Waals surface area contributed by atoms with Gasteiger partial charge in [0.1, 0.15) is 17.9 Å². The van der Waals surface area contributed by atoms with Gasteiger partial charge in [0.05, 0.1) is 12.2 Å². The van der Waals surface area contributed by atoms with Gasteiger partial charge >= 0.3 is 0 Å². The number of aliphatic carboxylic acids is 1. The van der Waals surface area contributed by atoms with Gasteiger partial charge in [-0.3, -0.25) is 19.3 Å². The van der Waals surface area contributed by atoms with Crippen LogP contribution in [0, 0.1) is 11.8 Å². The van der Waals surface area contributed by atoms with Gasteiger partial charge < -0.3 is 20.5 Å². The zero-order valence-corrected chi connectivity index (χ0v) is 15.9. The first kappa shape index (κ1) is 18.5. The molecule has 3 amide bonds. The highest BCUT2D eigenvalue weighted by atomic mass is 16.4. The van der Waals surface area contributed by atoms with E-state index in [0.717, 1.165) is 10.5 Å². The molecule has 0 unspecified atom stereocenters. The first-order valence-corrected chi connectivity index (χ1v) is 9.79. The molecule has 0 saturated carbocycles. The summed E-state index contributed by atoms with van der Waals surface area (Å²) in [6, 6.07) is 15.3. The van der Waals surface area contributed by atoms with E-state index in [9.17, 15) is 24.3 Å². The molecule has 2 fully saturated rings. The zero-order chi connectivity index (χ0) is 21.0. The summed E-state index contributed by atoms with van der Waals surface area (Å²) in [7, 11) is 0. The van der Waals surface area contributed by atoms with Crippen molar-refractivity contribution in [2.24, 2.45) is 11.8 Å². The molecule has 5 rings (SSSR count). The molecule has 0 radical (unpaired) electrons. The molecule has 3 aliphatic rings. The van der Waals surface area contributed by atoms with Crippen LogP contribution in [0.4, 0.5) is 5.69 Å². The Morgan fingerprint density at radius 1 is 1.03 bits per heavy atom. The lowest BCUT2D eigenvalue weighted by Gasteiger charge is -2.26. The fourth-order valence-electron chi connectivity index (χ4n) is 5.28. The molecule has 0 bridgehead atoms. The lowest BCUT2D eigenvalue weighted by atomic mass is 9.76. The number of para-hydroxylation sites is 1. The van der Waals surface area contributed by atoms with Crippen molar-refractivity contribution in [2.75, 3.05) is 5.32 Å². The van der Waals surface area contributed by atoms with Crippen LogP contribution >= 0.6 is 0 Å². The highest BCUT2D eigenvalue weighted by molar-refractivity contribution is 6.13. The average Bonchev–Trinajstić information content (AvgIpc) is 3.29. The van der Waals surface area contributed by atoms with Crippen LogP contribution in [0.15, 0.2) is 54.6 Å². The van der Waals surface area contributed by atoms with Crippen molar-refractivity contribution in [2.45, 2.75) is 24.5 Å². The van der Waals surface area contributed by atoms with Gasteiger partial charge in [-0.1, -0.05) is 48.5 Å². The predicted octanol–water partition coefficient (Wildman–Crippen LogP) is -1.28. The van der Waals surface area contributed by atoms with Crippen LogP contribution in [-0.4, -0.2) is 34.6 Å². The number of carboxylic acids is 1. The van der Waals surface area contributed by atoms with Crippen molar-refractivity contribution < 1.29 is 29.6 Å². The van der Waals surface area contributed by atoms with Crippen LogP contribution in [-0.2, 0) is 31.3 Å². The van der Waals surface area contributed by atoms with E-state index in [1.807, 2.05) is 30.3 Å². The number of hydrogen-bond donors (Lipinski definition) is 2. The Morgan fingerprint density at radius 2 is 1.73 bits per heavy atom. The number of anilines is 1. The third-order valence-corrected chi connectivity index (χ3v) is 6.45. The number of hydrogen-bond acceptors (Lipinski definition) is 5. The predicted molar refractivity (Wildman–Crippen MR) is 101 cm³/mol. The summed E-state index contributed by atoms with van der Waals surface area (Å²) < 4.78 is 0. The van der Waals surface area contributed by atoms with Crippen LogP contribution in [0.25, 0.3) is 0 Å². The SMILES string of the molecule is O=C([O-])C[C@H]1[NH2+][C@@]2(C(=O)Nc3ccccc32)[C@H]2C(=O)N(Cc3ccccc3)C(=O)[C@H]12. The number of carbonyl (C=O) groups is 4. The number of imide groups is 1. The third kappa shape index (κ3) is 2.43. The molecule has 2 aromatic carbocycles. The molecule has 152 valence electrons. The van der Waals surface area contributed by atoms with E-state index in [-0.39, 0.29) is 6.54 Å². The molecule has 4 atom stereocenters. The number of quaternary nitrogens is 1. The first-order valence-electron chi connectivity index (χ1n) is 9.79. The van der Waals surface area contributed by atoms with Gasteiger partial charge in [0.15, 0.2) is 0 Å². The summed E-state index contributed by atoms with van der Waals surface area (Å²) in [6.07, 6.45) is -0.420. The molecule has 3 heterocycles. The number of nitrogens with one attached hydrogen (secondary N) is 1. The Labute approximate surface area is 171 Å². The van der Waals surface area contributed by atoms with Crippen molar-refractivity contribution in [1.29, 1.82) is 0 Å². The van der Waals surface area contributed by atoms with Gasteiger partial charge in [-0.05, 0) is 11.6 Å². The van der Waals surface area contributed by atoms with Crippen LogP contribution in [0.2, 0.25) is 0 Å². The van der Waals surface area contributed by atoms with E-state index in [1.165, 1.54) is 0 Å². The molecular weight excluding hydrogens is 386 g/mol. The highest BCUT2D eigenvalue weighted by Crippen LogP contribution is 2.49. The van der Waals surface area contributed by atoms with Crippen LogP contribution in [0.5, 0.6) is 0 Å². The lowest BCUT2D eigenvalue weighted by molar-refractivity contribution is -0.733. The largest absolute Gasteiger partial charge is 0.550 e. The second-order valence-electron chi connectivity index (χ2n) is 8.03. The molecule has 8 nitrogen and oxygen atoms in total. The van der Waals surface area contributed by atoms with E-state index in [2.05, 4.69) is 5.32 Å². The number of carboxylic acid groups (broad SMARTS) is 1. The maximum absolute atomic E-state index is 13.5. The Balaban J connectivity index is 1.61.